The highest BCUT2D eigenvalue weighted by Gasteiger charge is 2.01. The Morgan fingerprint density at radius 3 is 2.61 bits per heavy atom. The van der Waals surface area contributed by atoms with Crippen molar-refractivity contribution in [3.63, 3.8) is 0 Å². The van der Waals surface area contributed by atoms with Crippen molar-refractivity contribution >= 4 is 36.6 Å². The van der Waals surface area contributed by atoms with Crippen molar-refractivity contribution in [3.05, 3.63) is 36.4 Å². The van der Waals surface area contributed by atoms with Gasteiger partial charge in [-0.25, -0.2) is 9.97 Å². The number of aryl methyl sites for hydroxylation is 1. The number of aliphatic imine (C=N–C) groups is 1. The summed E-state index contributed by atoms with van der Waals surface area (Å²) in [5.74, 6) is 1.23. The van der Waals surface area contributed by atoms with Gasteiger partial charge in [-0.1, -0.05) is 0 Å². The molecule has 0 radical (unpaired) electrons. The van der Waals surface area contributed by atoms with Crippen LogP contribution >= 0.6 is 24.8 Å². The van der Waals surface area contributed by atoms with Gasteiger partial charge >= 0.3 is 0 Å². The minimum atomic E-state index is -0.0116. The SMILES string of the molecule is Cc1ccnc(-n2cnc(N=C(N)N)c2)c1.Cl.Cl. The van der Waals surface area contributed by atoms with E-state index in [1.165, 1.54) is 0 Å². The molecular formula is C10H14Cl2N6. The Morgan fingerprint density at radius 2 is 2.00 bits per heavy atom. The van der Waals surface area contributed by atoms with E-state index in [9.17, 15) is 0 Å². The third-order valence-electron chi connectivity index (χ3n) is 1.98. The van der Waals surface area contributed by atoms with Crippen LogP contribution in [0, 0.1) is 6.92 Å². The van der Waals surface area contributed by atoms with Gasteiger partial charge in [0.15, 0.2) is 11.8 Å². The number of rotatable bonds is 2. The average molecular weight is 289 g/mol. The van der Waals surface area contributed by atoms with E-state index in [-0.39, 0.29) is 30.8 Å². The molecule has 0 amide bonds. The first-order chi connectivity index (χ1) is 7.65. The zero-order valence-corrected chi connectivity index (χ0v) is 11.3. The number of aromatic nitrogens is 3. The molecule has 0 aliphatic rings. The Bertz CT molecular complexity index is 533. The third kappa shape index (κ3) is 3.90. The number of nitrogens with two attached hydrogens (primary N) is 2. The molecule has 8 heteroatoms. The molecule has 0 fully saturated rings. The number of imidazole rings is 1. The predicted octanol–water partition coefficient (Wildman–Crippen LogP) is 1.32. The second-order valence-electron chi connectivity index (χ2n) is 3.37. The number of nitrogens with zero attached hydrogens (tertiary/aromatic N) is 4. The average Bonchev–Trinajstić information content (AvgIpc) is 2.65. The Morgan fingerprint density at radius 1 is 1.28 bits per heavy atom. The van der Waals surface area contributed by atoms with Gasteiger partial charge in [-0.05, 0) is 24.6 Å². The van der Waals surface area contributed by atoms with E-state index < -0.39 is 0 Å². The summed E-state index contributed by atoms with van der Waals surface area (Å²) in [5.41, 5.74) is 11.6. The summed E-state index contributed by atoms with van der Waals surface area (Å²) < 4.78 is 1.76. The van der Waals surface area contributed by atoms with Crippen LogP contribution in [0.4, 0.5) is 5.82 Å². The van der Waals surface area contributed by atoms with Crippen molar-refractivity contribution in [1.82, 2.24) is 14.5 Å². The fraction of sp³-hybridized carbons (Fsp3) is 0.100. The highest BCUT2D eigenvalue weighted by molar-refractivity contribution is 5.85. The predicted molar refractivity (Wildman–Crippen MR) is 76.1 cm³/mol. The first kappa shape index (κ1) is 16.2. The number of guanidine groups is 1. The van der Waals surface area contributed by atoms with Crippen LogP contribution < -0.4 is 11.5 Å². The zero-order chi connectivity index (χ0) is 11.5. The Balaban J connectivity index is 0.00000144. The molecule has 4 N–H and O–H groups in total. The van der Waals surface area contributed by atoms with Crippen LogP contribution in [-0.2, 0) is 0 Å². The fourth-order valence-corrected chi connectivity index (χ4v) is 1.29. The summed E-state index contributed by atoms with van der Waals surface area (Å²) in [4.78, 5) is 12.1. The molecule has 0 aromatic carbocycles. The molecule has 98 valence electrons. The molecule has 18 heavy (non-hydrogen) atoms. The zero-order valence-electron chi connectivity index (χ0n) is 9.65. The maximum Gasteiger partial charge on any atom is 0.192 e. The minimum absolute atomic E-state index is 0. The van der Waals surface area contributed by atoms with Crippen molar-refractivity contribution < 1.29 is 0 Å². The van der Waals surface area contributed by atoms with E-state index in [0.717, 1.165) is 11.4 Å². The fourth-order valence-electron chi connectivity index (χ4n) is 1.29. The van der Waals surface area contributed by atoms with E-state index in [4.69, 9.17) is 11.5 Å². The van der Waals surface area contributed by atoms with Crippen LogP contribution in [0.5, 0.6) is 0 Å². The van der Waals surface area contributed by atoms with Gasteiger partial charge in [0.1, 0.15) is 12.1 Å². The lowest BCUT2D eigenvalue weighted by Crippen LogP contribution is -2.21. The highest BCUT2D eigenvalue weighted by atomic mass is 35.5. The molecule has 0 unspecified atom stereocenters. The molecule has 6 nitrogen and oxygen atoms in total. The van der Waals surface area contributed by atoms with Crippen LogP contribution in [0.25, 0.3) is 5.82 Å². The maximum absolute atomic E-state index is 5.26. The molecule has 0 saturated carbocycles. The Labute approximate surface area is 117 Å². The van der Waals surface area contributed by atoms with Crippen LogP contribution in [0.3, 0.4) is 0 Å². The van der Waals surface area contributed by atoms with E-state index in [1.54, 1.807) is 23.3 Å². The Hall–Kier alpha value is -1.79. The van der Waals surface area contributed by atoms with Gasteiger partial charge < -0.3 is 11.5 Å². The lowest BCUT2D eigenvalue weighted by Gasteiger charge is -2.00. The van der Waals surface area contributed by atoms with Gasteiger partial charge in [-0.3, -0.25) is 4.57 Å². The third-order valence-corrected chi connectivity index (χ3v) is 1.98. The van der Waals surface area contributed by atoms with E-state index >= 15 is 0 Å². The van der Waals surface area contributed by atoms with E-state index in [0.29, 0.717) is 5.82 Å². The summed E-state index contributed by atoms with van der Waals surface area (Å²) in [6.07, 6.45) is 5.07. The molecule has 0 aliphatic carbocycles. The summed E-state index contributed by atoms with van der Waals surface area (Å²) in [6, 6.07) is 3.87. The second kappa shape index (κ2) is 6.83. The molecule has 2 aromatic rings. The van der Waals surface area contributed by atoms with Crippen LogP contribution in [-0.4, -0.2) is 20.5 Å². The molecule has 0 saturated heterocycles. The quantitative estimate of drug-likeness (QED) is 0.644. The molecular weight excluding hydrogens is 275 g/mol. The summed E-state index contributed by atoms with van der Waals surface area (Å²) in [7, 11) is 0. The lowest BCUT2D eigenvalue weighted by atomic mass is 10.3. The number of pyridine rings is 1. The Kier molecular flexibility index (Phi) is 6.15. The number of hydrogen-bond donors (Lipinski definition) is 2. The molecule has 2 aromatic heterocycles. The monoisotopic (exact) mass is 288 g/mol. The molecule has 0 aliphatic heterocycles. The second-order valence-corrected chi connectivity index (χ2v) is 3.37. The number of halogens is 2. The summed E-state index contributed by atoms with van der Waals surface area (Å²) in [5, 5.41) is 0. The van der Waals surface area contributed by atoms with Crippen LogP contribution in [0.2, 0.25) is 0 Å². The van der Waals surface area contributed by atoms with Crippen molar-refractivity contribution in [1.29, 1.82) is 0 Å². The summed E-state index contributed by atoms with van der Waals surface area (Å²) >= 11 is 0. The van der Waals surface area contributed by atoms with Gasteiger partial charge in [-0.15, -0.1) is 24.8 Å². The van der Waals surface area contributed by atoms with Gasteiger partial charge in [0, 0.05) is 6.20 Å². The normalized spacial score (nSPS) is 8.94. The topological polar surface area (TPSA) is 95.1 Å². The van der Waals surface area contributed by atoms with Crippen molar-refractivity contribution in [3.8, 4) is 5.82 Å². The van der Waals surface area contributed by atoms with Crippen molar-refractivity contribution in [2.24, 2.45) is 16.5 Å². The van der Waals surface area contributed by atoms with E-state index in [2.05, 4.69) is 15.0 Å². The van der Waals surface area contributed by atoms with Gasteiger partial charge in [-0.2, -0.15) is 4.99 Å². The molecule has 0 bridgehead atoms. The smallest absolute Gasteiger partial charge is 0.192 e. The van der Waals surface area contributed by atoms with Crippen LogP contribution in [0.15, 0.2) is 35.8 Å². The van der Waals surface area contributed by atoms with Gasteiger partial charge in [0.05, 0.1) is 6.20 Å². The molecule has 0 spiro atoms. The van der Waals surface area contributed by atoms with Crippen LogP contribution in [0.1, 0.15) is 5.56 Å². The largest absolute Gasteiger partial charge is 0.370 e. The molecule has 2 rings (SSSR count). The van der Waals surface area contributed by atoms with Gasteiger partial charge in [0.25, 0.3) is 0 Å². The minimum Gasteiger partial charge on any atom is -0.370 e. The highest BCUT2D eigenvalue weighted by Crippen LogP contribution is 2.12. The van der Waals surface area contributed by atoms with E-state index in [1.807, 2.05) is 19.1 Å². The van der Waals surface area contributed by atoms with Crippen molar-refractivity contribution in [2.45, 2.75) is 6.92 Å². The standard InChI is InChI=1S/C10H12N6.2ClH/c1-7-2-3-13-9(4-7)16-5-8(14-6-16)15-10(11)12;;/h2-6H,1H3,(H4,11,12,15);2*1H. The lowest BCUT2D eigenvalue weighted by molar-refractivity contribution is 0.988. The number of hydrogen-bond acceptors (Lipinski definition) is 3. The van der Waals surface area contributed by atoms with Gasteiger partial charge in [0.2, 0.25) is 0 Å². The van der Waals surface area contributed by atoms with Crippen molar-refractivity contribution in [2.75, 3.05) is 0 Å². The first-order valence-electron chi connectivity index (χ1n) is 4.72. The maximum atomic E-state index is 5.26. The summed E-state index contributed by atoms with van der Waals surface area (Å²) in [6.45, 7) is 2.00. The molecule has 0 atom stereocenters. The first-order valence-corrected chi connectivity index (χ1v) is 4.72. The molecule has 2 heterocycles.